The van der Waals surface area contributed by atoms with Gasteiger partial charge in [0, 0.05) is 17.6 Å². The van der Waals surface area contributed by atoms with Gasteiger partial charge >= 0.3 is 0 Å². The molecule has 0 saturated carbocycles. The molecule has 0 aliphatic rings. The smallest absolute Gasteiger partial charge is 0.120 e. The van der Waals surface area contributed by atoms with Crippen molar-refractivity contribution >= 4 is 15.9 Å². The molecule has 0 aromatic heterocycles. The number of halogens is 1. The van der Waals surface area contributed by atoms with Gasteiger partial charge in [-0.3, -0.25) is 0 Å². The van der Waals surface area contributed by atoms with Crippen molar-refractivity contribution in [3.8, 4) is 5.75 Å². The third-order valence-electron chi connectivity index (χ3n) is 3.11. The van der Waals surface area contributed by atoms with Crippen LogP contribution in [0.2, 0.25) is 0 Å². The zero-order valence-electron chi connectivity index (χ0n) is 11.1. The second kappa shape index (κ2) is 7.77. The zero-order chi connectivity index (χ0) is 13.4. The Morgan fingerprint density at radius 2 is 2.06 bits per heavy atom. The lowest BCUT2D eigenvalue weighted by molar-refractivity contribution is 0.0320. The molecule has 0 unspecified atom stereocenters. The molecule has 0 spiro atoms. The summed E-state index contributed by atoms with van der Waals surface area (Å²) >= 11 is 3.40. The summed E-state index contributed by atoms with van der Waals surface area (Å²) in [6, 6.07) is 7.78. The van der Waals surface area contributed by atoms with Crippen molar-refractivity contribution in [1.82, 2.24) is 5.32 Å². The molecule has 0 bridgehead atoms. The lowest BCUT2D eigenvalue weighted by Crippen LogP contribution is -2.40. The molecule has 18 heavy (non-hydrogen) atoms. The molecule has 1 aromatic carbocycles. The fourth-order valence-electron chi connectivity index (χ4n) is 1.62. The first kappa shape index (κ1) is 15.5. The van der Waals surface area contributed by atoms with Gasteiger partial charge in [0.1, 0.15) is 12.4 Å². The maximum atomic E-state index is 10.1. The summed E-state index contributed by atoms with van der Waals surface area (Å²) in [4.78, 5) is 0. The number of nitrogens with one attached hydrogen (secondary N) is 1. The molecule has 102 valence electrons. The molecule has 1 aromatic rings. The molecule has 0 aliphatic heterocycles. The van der Waals surface area contributed by atoms with E-state index in [0.717, 1.165) is 29.6 Å². The highest BCUT2D eigenvalue weighted by molar-refractivity contribution is 9.10. The maximum absolute atomic E-state index is 10.1. The van der Waals surface area contributed by atoms with Gasteiger partial charge < -0.3 is 15.2 Å². The molecule has 4 heteroatoms. The van der Waals surface area contributed by atoms with Gasteiger partial charge in [0.15, 0.2) is 0 Å². The highest BCUT2D eigenvalue weighted by Gasteiger charge is 2.20. The first-order chi connectivity index (χ1) is 8.59. The average Bonchev–Trinajstić information content (AvgIpc) is 2.38. The fraction of sp³-hybridized carbons (Fsp3) is 0.571. The normalized spacial score (nSPS) is 11.6. The summed E-state index contributed by atoms with van der Waals surface area (Å²) in [6.45, 7) is 5.95. The number of benzene rings is 1. The molecule has 3 nitrogen and oxygen atoms in total. The Labute approximate surface area is 118 Å². The summed E-state index contributed by atoms with van der Waals surface area (Å²) in [5, 5.41) is 13.3. The van der Waals surface area contributed by atoms with Crippen molar-refractivity contribution in [2.75, 3.05) is 19.7 Å². The third-order valence-corrected chi connectivity index (χ3v) is 3.61. The molecule has 0 heterocycles. The summed E-state index contributed by atoms with van der Waals surface area (Å²) in [6.07, 6.45) is 1.53. The predicted octanol–water partition coefficient (Wildman–Crippen LogP) is 2.97. The number of hydrogen-bond acceptors (Lipinski definition) is 3. The number of hydrogen-bond donors (Lipinski definition) is 2. The van der Waals surface area contributed by atoms with Crippen LogP contribution in [-0.4, -0.2) is 30.4 Å². The van der Waals surface area contributed by atoms with Crippen LogP contribution >= 0.6 is 15.9 Å². The standard InChI is InChI=1S/C14H22BrNO2/c1-3-14(17,4-2)11-16-8-9-18-13-7-5-6-12(15)10-13/h5-7,10,16-17H,3-4,8-9,11H2,1-2H3. The first-order valence-corrected chi connectivity index (χ1v) is 7.20. The second-order valence-corrected chi connectivity index (χ2v) is 5.33. The van der Waals surface area contributed by atoms with Crippen LogP contribution in [-0.2, 0) is 0 Å². The van der Waals surface area contributed by atoms with Crippen molar-refractivity contribution in [3.05, 3.63) is 28.7 Å². The van der Waals surface area contributed by atoms with Gasteiger partial charge in [0.25, 0.3) is 0 Å². The van der Waals surface area contributed by atoms with Crippen LogP contribution in [0.5, 0.6) is 5.75 Å². The Kier molecular flexibility index (Phi) is 6.68. The highest BCUT2D eigenvalue weighted by atomic mass is 79.9. The molecule has 0 radical (unpaired) electrons. The van der Waals surface area contributed by atoms with Gasteiger partial charge in [-0.15, -0.1) is 0 Å². The third kappa shape index (κ3) is 5.38. The minimum atomic E-state index is -0.588. The van der Waals surface area contributed by atoms with Crippen LogP contribution in [0.25, 0.3) is 0 Å². The molecule has 1 rings (SSSR count). The van der Waals surface area contributed by atoms with Crippen molar-refractivity contribution in [2.24, 2.45) is 0 Å². The molecule has 0 atom stereocenters. The Hall–Kier alpha value is -0.580. The van der Waals surface area contributed by atoms with E-state index < -0.39 is 5.60 Å². The molecule has 0 saturated heterocycles. The van der Waals surface area contributed by atoms with E-state index in [-0.39, 0.29) is 0 Å². The van der Waals surface area contributed by atoms with Gasteiger partial charge in [-0.1, -0.05) is 35.8 Å². The Balaban J connectivity index is 2.19. The van der Waals surface area contributed by atoms with Gasteiger partial charge in [-0.25, -0.2) is 0 Å². The minimum absolute atomic E-state index is 0.588. The summed E-state index contributed by atoms with van der Waals surface area (Å²) in [5.74, 6) is 0.854. The molecular weight excluding hydrogens is 294 g/mol. The van der Waals surface area contributed by atoms with E-state index in [1.165, 1.54) is 0 Å². The Morgan fingerprint density at radius 1 is 1.33 bits per heavy atom. The van der Waals surface area contributed by atoms with E-state index in [0.29, 0.717) is 13.2 Å². The topological polar surface area (TPSA) is 41.5 Å². The minimum Gasteiger partial charge on any atom is -0.492 e. The molecule has 0 fully saturated rings. The van der Waals surface area contributed by atoms with Crippen LogP contribution in [0, 0.1) is 0 Å². The Morgan fingerprint density at radius 3 is 2.67 bits per heavy atom. The van der Waals surface area contributed by atoms with E-state index in [1.807, 2.05) is 38.1 Å². The average molecular weight is 316 g/mol. The van der Waals surface area contributed by atoms with E-state index in [1.54, 1.807) is 0 Å². The van der Waals surface area contributed by atoms with Crippen molar-refractivity contribution in [2.45, 2.75) is 32.3 Å². The second-order valence-electron chi connectivity index (χ2n) is 4.41. The number of aliphatic hydroxyl groups is 1. The van der Waals surface area contributed by atoms with Crippen LogP contribution in [0.15, 0.2) is 28.7 Å². The number of ether oxygens (including phenoxy) is 1. The molecule has 0 amide bonds. The largest absolute Gasteiger partial charge is 0.492 e. The fourth-order valence-corrected chi connectivity index (χ4v) is 2.00. The van der Waals surface area contributed by atoms with Crippen molar-refractivity contribution in [3.63, 3.8) is 0 Å². The quantitative estimate of drug-likeness (QED) is 0.725. The van der Waals surface area contributed by atoms with Crippen LogP contribution in [0.3, 0.4) is 0 Å². The van der Waals surface area contributed by atoms with Crippen LogP contribution in [0.4, 0.5) is 0 Å². The van der Waals surface area contributed by atoms with Gasteiger partial charge in [-0.2, -0.15) is 0 Å². The predicted molar refractivity (Wildman–Crippen MR) is 78.0 cm³/mol. The molecular formula is C14H22BrNO2. The van der Waals surface area contributed by atoms with Gasteiger partial charge in [0.05, 0.1) is 5.60 Å². The SMILES string of the molecule is CCC(O)(CC)CNCCOc1cccc(Br)c1. The molecule has 0 aliphatic carbocycles. The maximum Gasteiger partial charge on any atom is 0.120 e. The molecule has 2 N–H and O–H groups in total. The monoisotopic (exact) mass is 315 g/mol. The first-order valence-electron chi connectivity index (χ1n) is 6.41. The zero-order valence-corrected chi connectivity index (χ0v) is 12.7. The highest BCUT2D eigenvalue weighted by Crippen LogP contribution is 2.17. The Bertz CT molecular complexity index is 353. The van der Waals surface area contributed by atoms with E-state index in [4.69, 9.17) is 4.74 Å². The van der Waals surface area contributed by atoms with Gasteiger partial charge in [0.2, 0.25) is 0 Å². The van der Waals surface area contributed by atoms with Crippen LogP contribution < -0.4 is 10.1 Å². The van der Waals surface area contributed by atoms with Crippen molar-refractivity contribution < 1.29 is 9.84 Å². The van der Waals surface area contributed by atoms with E-state index in [2.05, 4.69) is 21.2 Å². The lowest BCUT2D eigenvalue weighted by atomic mass is 9.98. The summed E-state index contributed by atoms with van der Waals surface area (Å²) in [7, 11) is 0. The number of rotatable bonds is 8. The lowest BCUT2D eigenvalue weighted by Gasteiger charge is -2.25. The van der Waals surface area contributed by atoms with E-state index in [9.17, 15) is 5.11 Å². The van der Waals surface area contributed by atoms with E-state index >= 15 is 0 Å². The summed E-state index contributed by atoms with van der Waals surface area (Å²) < 4.78 is 6.61. The van der Waals surface area contributed by atoms with Gasteiger partial charge in [-0.05, 0) is 31.0 Å². The van der Waals surface area contributed by atoms with Crippen LogP contribution in [0.1, 0.15) is 26.7 Å². The summed E-state index contributed by atoms with van der Waals surface area (Å²) in [5.41, 5.74) is -0.588. The van der Waals surface area contributed by atoms with Crippen molar-refractivity contribution in [1.29, 1.82) is 0 Å².